The standard InChI is InChI=1S/C24H26ClN5O2S/c1-14(2)11-12-29-22(32)18-7-5-6-8-20(18)30-23(29)27-28-24(30)33-16(4)21(31)26-19-13-17(25)10-9-15(19)3/h5-10,13-14,16H,11-12H2,1-4H3,(H,26,31). The number of carbonyl (C=O) groups is 1. The maximum atomic E-state index is 13.2. The van der Waals surface area contributed by atoms with Crippen LogP contribution in [-0.4, -0.2) is 30.3 Å². The van der Waals surface area contributed by atoms with Crippen LogP contribution < -0.4 is 10.9 Å². The molecule has 0 radical (unpaired) electrons. The second-order valence-corrected chi connectivity index (χ2v) is 10.2. The highest BCUT2D eigenvalue weighted by Gasteiger charge is 2.22. The first-order valence-corrected chi connectivity index (χ1v) is 12.1. The van der Waals surface area contributed by atoms with E-state index in [-0.39, 0.29) is 11.5 Å². The molecule has 0 saturated carbocycles. The predicted octanol–water partition coefficient (Wildman–Crippen LogP) is 5.17. The van der Waals surface area contributed by atoms with Gasteiger partial charge in [-0.1, -0.05) is 55.4 Å². The number of hydrogen-bond acceptors (Lipinski definition) is 5. The van der Waals surface area contributed by atoms with Crippen molar-refractivity contribution >= 4 is 51.6 Å². The lowest BCUT2D eigenvalue weighted by Gasteiger charge is -2.14. The minimum absolute atomic E-state index is 0.0788. The molecule has 0 aliphatic rings. The molecule has 9 heteroatoms. The van der Waals surface area contributed by atoms with Crippen molar-refractivity contribution in [1.82, 2.24) is 19.2 Å². The van der Waals surface area contributed by atoms with Crippen molar-refractivity contribution in [3.05, 3.63) is 63.4 Å². The van der Waals surface area contributed by atoms with Gasteiger partial charge in [-0.3, -0.25) is 18.6 Å². The van der Waals surface area contributed by atoms with Crippen LogP contribution in [0.4, 0.5) is 5.69 Å². The zero-order valence-electron chi connectivity index (χ0n) is 19.0. The van der Waals surface area contributed by atoms with E-state index in [1.807, 2.05) is 48.6 Å². The minimum atomic E-state index is -0.453. The summed E-state index contributed by atoms with van der Waals surface area (Å²) in [5.74, 6) is 0.763. The number of rotatable bonds is 7. The molecule has 7 nitrogen and oxygen atoms in total. The van der Waals surface area contributed by atoms with Gasteiger partial charge < -0.3 is 5.32 Å². The number of anilines is 1. The fourth-order valence-electron chi connectivity index (χ4n) is 3.57. The molecule has 0 aliphatic heterocycles. The summed E-state index contributed by atoms with van der Waals surface area (Å²) in [4.78, 5) is 26.1. The van der Waals surface area contributed by atoms with E-state index in [4.69, 9.17) is 11.6 Å². The third-order valence-corrected chi connectivity index (χ3v) is 6.79. The van der Waals surface area contributed by atoms with Crippen LogP contribution in [0.5, 0.6) is 0 Å². The molecule has 4 rings (SSSR count). The van der Waals surface area contributed by atoms with Crippen molar-refractivity contribution in [2.45, 2.75) is 51.1 Å². The third-order valence-electron chi connectivity index (χ3n) is 5.52. The van der Waals surface area contributed by atoms with Crippen LogP contribution >= 0.6 is 23.4 Å². The Morgan fingerprint density at radius 3 is 2.67 bits per heavy atom. The van der Waals surface area contributed by atoms with Crippen LogP contribution in [0.3, 0.4) is 0 Å². The maximum Gasteiger partial charge on any atom is 0.262 e. The molecule has 1 N–H and O–H groups in total. The molecule has 2 aromatic heterocycles. The van der Waals surface area contributed by atoms with E-state index in [0.717, 1.165) is 17.5 Å². The van der Waals surface area contributed by atoms with E-state index in [2.05, 4.69) is 29.4 Å². The molecule has 4 aromatic rings. The number of amides is 1. The number of carbonyl (C=O) groups excluding carboxylic acids is 1. The monoisotopic (exact) mass is 483 g/mol. The van der Waals surface area contributed by atoms with Crippen molar-refractivity contribution in [3.63, 3.8) is 0 Å². The molecule has 172 valence electrons. The molecule has 1 atom stereocenters. The SMILES string of the molecule is Cc1ccc(Cl)cc1NC(=O)C(C)Sc1nnc2n(CCC(C)C)c(=O)c3ccccc3n12. The van der Waals surface area contributed by atoms with E-state index in [1.54, 1.807) is 16.7 Å². The van der Waals surface area contributed by atoms with Gasteiger partial charge in [0.2, 0.25) is 11.7 Å². The average Bonchev–Trinajstić information content (AvgIpc) is 3.19. The summed E-state index contributed by atoms with van der Waals surface area (Å²) in [5, 5.41) is 12.9. The summed E-state index contributed by atoms with van der Waals surface area (Å²) in [6.07, 6.45) is 0.848. The van der Waals surface area contributed by atoms with Gasteiger partial charge in [-0.15, -0.1) is 10.2 Å². The number of benzene rings is 2. The third kappa shape index (κ3) is 4.77. The Bertz CT molecular complexity index is 1400. The number of hydrogen-bond donors (Lipinski definition) is 1. The molecule has 0 spiro atoms. The summed E-state index contributed by atoms with van der Waals surface area (Å²) in [7, 11) is 0. The summed E-state index contributed by atoms with van der Waals surface area (Å²) in [5.41, 5.74) is 2.26. The van der Waals surface area contributed by atoms with Gasteiger partial charge in [0.05, 0.1) is 16.2 Å². The van der Waals surface area contributed by atoms with Gasteiger partial charge in [0.1, 0.15) is 0 Å². The number of para-hydroxylation sites is 1. The van der Waals surface area contributed by atoms with E-state index in [9.17, 15) is 9.59 Å². The highest BCUT2D eigenvalue weighted by molar-refractivity contribution is 8.00. The summed E-state index contributed by atoms with van der Waals surface area (Å²) >= 11 is 7.38. The lowest BCUT2D eigenvalue weighted by atomic mass is 10.1. The van der Waals surface area contributed by atoms with E-state index >= 15 is 0 Å². The van der Waals surface area contributed by atoms with Gasteiger partial charge in [-0.25, -0.2) is 0 Å². The first kappa shape index (κ1) is 23.3. The predicted molar refractivity (Wildman–Crippen MR) is 134 cm³/mol. The van der Waals surface area contributed by atoms with Gasteiger partial charge in [0.15, 0.2) is 5.16 Å². The van der Waals surface area contributed by atoms with Gasteiger partial charge in [-0.05, 0) is 56.0 Å². The number of nitrogens with zero attached hydrogens (tertiary/aromatic N) is 4. The Morgan fingerprint density at radius 1 is 1.15 bits per heavy atom. The number of nitrogens with one attached hydrogen (secondary N) is 1. The number of aryl methyl sites for hydroxylation is 2. The molecular weight excluding hydrogens is 458 g/mol. The van der Waals surface area contributed by atoms with Crippen LogP contribution in [0.1, 0.15) is 32.8 Å². The van der Waals surface area contributed by atoms with Crippen LogP contribution in [0.2, 0.25) is 5.02 Å². The number of halogens is 1. The summed E-state index contributed by atoms with van der Waals surface area (Å²) < 4.78 is 3.55. The van der Waals surface area contributed by atoms with Crippen LogP contribution in [0, 0.1) is 12.8 Å². The maximum absolute atomic E-state index is 13.2. The smallest absolute Gasteiger partial charge is 0.262 e. The number of thioether (sulfide) groups is 1. The second kappa shape index (κ2) is 9.57. The number of aromatic nitrogens is 4. The molecule has 0 bridgehead atoms. The van der Waals surface area contributed by atoms with E-state index < -0.39 is 5.25 Å². The lowest BCUT2D eigenvalue weighted by Crippen LogP contribution is -2.25. The molecule has 2 heterocycles. The van der Waals surface area contributed by atoms with Crippen molar-refractivity contribution in [3.8, 4) is 0 Å². The van der Waals surface area contributed by atoms with Crippen LogP contribution in [0.15, 0.2) is 52.4 Å². The number of fused-ring (bicyclic) bond motifs is 3. The molecular formula is C24H26ClN5O2S. The molecule has 2 aromatic carbocycles. The summed E-state index contributed by atoms with van der Waals surface area (Å²) in [6.45, 7) is 8.53. The Kier molecular flexibility index (Phi) is 6.76. The fourth-order valence-corrected chi connectivity index (χ4v) is 4.60. The molecule has 0 saturated heterocycles. The lowest BCUT2D eigenvalue weighted by molar-refractivity contribution is -0.115. The van der Waals surface area contributed by atoms with Crippen molar-refractivity contribution in [1.29, 1.82) is 0 Å². The Hall–Kier alpha value is -2.84. The topological polar surface area (TPSA) is 81.3 Å². The highest BCUT2D eigenvalue weighted by Crippen LogP contribution is 2.27. The van der Waals surface area contributed by atoms with Crippen LogP contribution in [-0.2, 0) is 11.3 Å². The zero-order chi connectivity index (χ0) is 23.7. The normalized spacial score (nSPS) is 12.5. The minimum Gasteiger partial charge on any atom is -0.325 e. The Labute approximate surface area is 201 Å². The van der Waals surface area contributed by atoms with Crippen LogP contribution in [0.25, 0.3) is 16.7 Å². The van der Waals surface area contributed by atoms with Gasteiger partial charge in [0, 0.05) is 17.3 Å². The van der Waals surface area contributed by atoms with Crippen molar-refractivity contribution in [2.75, 3.05) is 5.32 Å². The Morgan fingerprint density at radius 2 is 1.91 bits per heavy atom. The Balaban J connectivity index is 1.70. The molecule has 1 amide bonds. The second-order valence-electron chi connectivity index (χ2n) is 8.48. The van der Waals surface area contributed by atoms with Crippen molar-refractivity contribution in [2.24, 2.45) is 5.92 Å². The quantitative estimate of drug-likeness (QED) is 0.367. The van der Waals surface area contributed by atoms with Gasteiger partial charge in [0.25, 0.3) is 5.56 Å². The zero-order valence-corrected chi connectivity index (χ0v) is 20.6. The molecule has 1 unspecified atom stereocenters. The molecule has 0 aliphatic carbocycles. The van der Waals surface area contributed by atoms with Gasteiger partial charge >= 0.3 is 0 Å². The van der Waals surface area contributed by atoms with Crippen molar-refractivity contribution < 1.29 is 4.79 Å². The highest BCUT2D eigenvalue weighted by atomic mass is 35.5. The van der Waals surface area contributed by atoms with Gasteiger partial charge in [-0.2, -0.15) is 0 Å². The average molecular weight is 484 g/mol. The van der Waals surface area contributed by atoms with E-state index in [1.165, 1.54) is 11.8 Å². The molecule has 0 fully saturated rings. The first-order chi connectivity index (χ1) is 15.8. The first-order valence-electron chi connectivity index (χ1n) is 10.9. The largest absolute Gasteiger partial charge is 0.325 e. The summed E-state index contributed by atoms with van der Waals surface area (Å²) in [6, 6.07) is 12.8. The van der Waals surface area contributed by atoms with E-state index in [0.29, 0.717) is 39.5 Å². The molecule has 33 heavy (non-hydrogen) atoms. The fraction of sp³-hybridized carbons (Fsp3) is 0.333.